The van der Waals surface area contributed by atoms with E-state index in [1.807, 2.05) is 18.2 Å². The van der Waals surface area contributed by atoms with Gasteiger partial charge in [0.15, 0.2) is 11.5 Å². The van der Waals surface area contributed by atoms with Crippen LogP contribution in [0.2, 0.25) is 0 Å². The number of carbonyl (C=O) groups excluding carboxylic acids is 1. The summed E-state index contributed by atoms with van der Waals surface area (Å²) in [7, 11) is 1.63. The minimum absolute atomic E-state index is 0.0220. The first kappa shape index (κ1) is 15.1. The van der Waals surface area contributed by atoms with Crippen LogP contribution in [-0.4, -0.2) is 32.5 Å². The Bertz CT molecular complexity index is 568. The zero-order chi connectivity index (χ0) is 15.4. The molecule has 1 unspecified atom stereocenters. The SMILES string of the molecule is COc1cccc(C2(N=C=O)CCCC2)c1OC1CCOC1. The zero-order valence-electron chi connectivity index (χ0n) is 12.8. The Morgan fingerprint density at radius 3 is 2.82 bits per heavy atom. The number of benzene rings is 1. The first-order valence-electron chi connectivity index (χ1n) is 7.80. The summed E-state index contributed by atoms with van der Waals surface area (Å²) in [4.78, 5) is 15.1. The molecule has 1 atom stereocenters. The molecule has 0 amide bonds. The van der Waals surface area contributed by atoms with Gasteiger partial charge in [0.2, 0.25) is 6.08 Å². The molecule has 2 aliphatic rings. The molecule has 1 aliphatic carbocycles. The third kappa shape index (κ3) is 2.74. The maximum absolute atomic E-state index is 11.0. The van der Waals surface area contributed by atoms with E-state index in [4.69, 9.17) is 14.2 Å². The summed E-state index contributed by atoms with van der Waals surface area (Å²) in [5.41, 5.74) is 0.407. The number of hydrogen-bond donors (Lipinski definition) is 0. The fourth-order valence-electron chi connectivity index (χ4n) is 3.43. The van der Waals surface area contributed by atoms with Gasteiger partial charge in [-0.05, 0) is 18.9 Å². The molecule has 0 N–H and O–H groups in total. The number of para-hydroxylation sites is 1. The maximum Gasteiger partial charge on any atom is 0.235 e. The largest absolute Gasteiger partial charge is 0.493 e. The van der Waals surface area contributed by atoms with Crippen LogP contribution in [0.5, 0.6) is 11.5 Å². The number of isocyanates is 1. The first-order chi connectivity index (χ1) is 10.8. The fraction of sp³-hybridized carbons (Fsp3) is 0.588. The summed E-state index contributed by atoms with van der Waals surface area (Å²) in [6, 6.07) is 5.79. The number of aliphatic imine (C=N–C) groups is 1. The molecular formula is C17H21NO4. The predicted octanol–water partition coefficient (Wildman–Crippen LogP) is 2.97. The molecule has 0 aromatic heterocycles. The van der Waals surface area contributed by atoms with Crippen molar-refractivity contribution in [3.63, 3.8) is 0 Å². The van der Waals surface area contributed by atoms with E-state index in [0.29, 0.717) is 24.7 Å². The van der Waals surface area contributed by atoms with Crippen molar-refractivity contribution in [1.29, 1.82) is 0 Å². The van der Waals surface area contributed by atoms with Crippen LogP contribution in [0.1, 0.15) is 37.7 Å². The Labute approximate surface area is 130 Å². The van der Waals surface area contributed by atoms with Crippen LogP contribution < -0.4 is 9.47 Å². The highest BCUT2D eigenvalue weighted by Crippen LogP contribution is 2.48. The van der Waals surface area contributed by atoms with Gasteiger partial charge in [0.05, 0.1) is 20.3 Å². The molecule has 118 valence electrons. The lowest BCUT2D eigenvalue weighted by Crippen LogP contribution is -2.23. The predicted molar refractivity (Wildman–Crippen MR) is 81.1 cm³/mol. The second kappa shape index (κ2) is 6.51. The molecule has 1 aromatic carbocycles. The van der Waals surface area contributed by atoms with Gasteiger partial charge in [-0.1, -0.05) is 25.0 Å². The van der Waals surface area contributed by atoms with E-state index in [-0.39, 0.29) is 6.10 Å². The molecule has 0 radical (unpaired) electrons. The lowest BCUT2D eigenvalue weighted by atomic mass is 9.88. The van der Waals surface area contributed by atoms with Gasteiger partial charge in [0.1, 0.15) is 11.6 Å². The molecule has 1 aliphatic heterocycles. The molecule has 0 spiro atoms. The highest BCUT2D eigenvalue weighted by molar-refractivity contribution is 5.52. The van der Waals surface area contributed by atoms with Crippen LogP contribution in [0.15, 0.2) is 23.2 Å². The number of ether oxygens (including phenoxy) is 3. The Kier molecular flexibility index (Phi) is 4.46. The summed E-state index contributed by atoms with van der Waals surface area (Å²) >= 11 is 0. The first-order valence-corrected chi connectivity index (χ1v) is 7.80. The average Bonchev–Trinajstić information content (AvgIpc) is 3.20. The van der Waals surface area contributed by atoms with Crippen molar-refractivity contribution < 1.29 is 19.0 Å². The van der Waals surface area contributed by atoms with Crippen molar-refractivity contribution in [1.82, 2.24) is 0 Å². The molecule has 1 heterocycles. The van der Waals surface area contributed by atoms with Crippen molar-refractivity contribution in [2.75, 3.05) is 20.3 Å². The molecular weight excluding hydrogens is 282 g/mol. The summed E-state index contributed by atoms with van der Waals surface area (Å²) in [6.45, 7) is 1.30. The molecule has 1 saturated heterocycles. The monoisotopic (exact) mass is 303 g/mol. The van der Waals surface area contributed by atoms with Gasteiger partial charge in [-0.3, -0.25) is 0 Å². The Morgan fingerprint density at radius 2 is 2.18 bits per heavy atom. The highest BCUT2D eigenvalue weighted by Gasteiger charge is 2.39. The van der Waals surface area contributed by atoms with Gasteiger partial charge in [-0.2, -0.15) is 4.99 Å². The quantitative estimate of drug-likeness (QED) is 0.620. The molecule has 1 saturated carbocycles. The lowest BCUT2D eigenvalue weighted by molar-refractivity contribution is 0.136. The second-order valence-corrected chi connectivity index (χ2v) is 5.88. The van der Waals surface area contributed by atoms with Crippen LogP contribution in [0, 0.1) is 0 Å². The summed E-state index contributed by atoms with van der Waals surface area (Å²) in [5.74, 6) is 1.37. The molecule has 1 aromatic rings. The van der Waals surface area contributed by atoms with Gasteiger partial charge in [0.25, 0.3) is 0 Å². The summed E-state index contributed by atoms with van der Waals surface area (Å²) in [5, 5.41) is 0. The molecule has 2 fully saturated rings. The van der Waals surface area contributed by atoms with Crippen LogP contribution >= 0.6 is 0 Å². The van der Waals surface area contributed by atoms with E-state index in [2.05, 4.69) is 4.99 Å². The smallest absolute Gasteiger partial charge is 0.235 e. The van der Waals surface area contributed by atoms with Crippen molar-refractivity contribution in [2.45, 2.75) is 43.7 Å². The molecule has 5 nitrogen and oxygen atoms in total. The van der Waals surface area contributed by atoms with Crippen LogP contribution in [0.3, 0.4) is 0 Å². The van der Waals surface area contributed by atoms with Crippen molar-refractivity contribution in [3.05, 3.63) is 23.8 Å². The van der Waals surface area contributed by atoms with Gasteiger partial charge in [-0.15, -0.1) is 0 Å². The highest BCUT2D eigenvalue weighted by atomic mass is 16.6. The van der Waals surface area contributed by atoms with E-state index in [9.17, 15) is 4.79 Å². The van der Waals surface area contributed by atoms with Gasteiger partial charge < -0.3 is 14.2 Å². The number of methoxy groups -OCH3 is 1. The van der Waals surface area contributed by atoms with E-state index < -0.39 is 5.54 Å². The minimum Gasteiger partial charge on any atom is -0.493 e. The standard InChI is InChI=1S/C17H21NO4/c1-20-15-6-4-5-14(16(15)22-13-7-10-21-11-13)17(18-12-19)8-2-3-9-17/h4-6,13H,2-3,7-11H2,1H3. The molecule has 5 heteroatoms. The summed E-state index contributed by atoms with van der Waals surface area (Å²) < 4.78 is 17.0. The molecule has 0 bridgehead atoms. The van der Waals surface area contributed by atoms with Gasteiger partial charge in [0, 0.05) is 12.0 Å². The Hall–Kier alpha value is -1.84. The number of hydrogen-bond acceptors (Lipinski definition) is 5. The van der Waals surface area contributed by atoms with Crippen molar-refractivity contribution in [2.24, 2.45) is 4.99 Å². The van der Waals surface area contributed by atoms with Crippen molar-refractivity contribution in [3.8, 4) is 11.5 Å². The average molecular weight is 303 g/mol. The molecule has 22 heavy (non-hydrogen) atoms. The lowest BCUT2D eigenvalue weighted by Gasteiger charge is -2.27. The Morgan fingerprint density at radius 1 is 1.36 bits per heavy atom. The third-order valence-electron chi connectivity index (χ3n) is 4.56. The van der Waals surface area contributed by atoms with Crippen LogP contribution in [0.25, 0.3) is 0 Å². The van der Waals surface area contributed by atoms with E-state index in [1.165, 1.54) is 0 Å². The summed E-state index contributed by atoms with van der Waals surface area (Å²) in [6.07, 6.45) is 6.43. The fourth-order valence-corrected chi connectivity index (χ4v) is 3.43. The van der Waals surface area contributed by atoms with Gasteiger partial charge >= 0.3 is 0 Å². The maximum atomic E-state index is 11.0. The Balaban J connectivity index is 2.03. The normalized spacial score (nSPS) is 23.0. The second-order valence-electron chi connectivity index (χ2n) is 5.88. The topological polar surface area (TPSA) is 57.1 Å². The number of rotatable bonds is 5. The van der Waals surface area contributed by atoms with Crippen molar-refractivity contribution >= 4 is 6.08 Å². The van der Waals surface area contributed by atoms with E-state index in [0.717, 1.165) is 37.7 Å². The minimum atomic E-state index is -0.523. The van der Waals surface area contributed by atoms with E-state index >= 15 is 0 Å². The van der Waals surface area contributed by atoms with Crippen LogP contribution in [-0.2, 0) is 15.1 Å². The van der Waals surface area contributed by atoms with E-state index in [1.54, 1.807) is 13.2 Å². The third-order valence-corrected chi connectivity index (χ3v) is 4.56. The van der Waals surface area contributed by atoms with Crippen LogP contribution in [0.4, 0.5) is 0 Å². The van der Waals surface area contributed by atoms with Gasteiger partial charge in [-0.25, -0.2) is 4.79 Å². The molecule has 3 rings (SSSR count). The number of nitrogens with zero attached hydrogens (tertiary/aromatic N) is 1. The zero-order valence-corrected chi connectivity index (χ0v) is 12.8.